The van der Waals surface area contributed by atoms with E-state index in [0.29, 0.717) is 29.4 Å². The molecule has 0 radical (unpaired) electrons. The largest absolute Gasteiger partial charge is 0.382 e. The maximum Gasteiger partial charge on any atom is 0.328 e. The van der Waals surface area contributed by atoms with Crippen LogP contribution in [0.1, 0.15) is 30.1 Å². The number of nitrogens with zero attached hydrogens (tertiary/aromatic N) is 3. The Balaban J connectivity index is 1.87. The van der Waals surface area contributed by atoms with Gasteiger partial charge in [-0.3, -0.25) is 4.57 Å². The molecule has 3 N–H and O–H groups in total. The lowest BCUT2D eigenvalue weighted by atomic mass is 10.2. The van der Waals surface area contributed by atoms with Gasteiger partial charge < -0.3 is 10.7 Å². The van der Waals surface area contributed by atoms with Gasteiger partial charge in [0.1, 0.15) is 11.3 Å². The van der Waals surface area contributed by atoms with E-state index >= 15 is 0 Å². The molecule has 4 rings (SSSR count). The van der Waals surface area contributed by atoms with Crippen molar-refractivity contribution < 1.29 is 0 Å². The first-order valence-corrected chi connectivity index (χ1v) is 7.02. The molecule has 1 saturated carbocycles. The number of hydrogen-bond donors (Lipinski definition) is 2. The minimum absolute atomic E-state index is 0.206. The summed E-state index contributed by atoms with van der Waals surface area (Å²) in [6, 6.07) is 9.82. The third kappa shape index (κ3) is 2.08. The van der Waals surface area contributed by atoms with Crippen molar-refractivity contribution in [3.63, 3.8) is 0 Å². The molecule has 0 spiro atoms. The molecular formula is C15H15N5O. The Morgan fingerprint density at radius 1 is 1.24 bits per heavy atom. The van der Waals surface area contributed by atoms with Crippen LogP contribution < -0.4 is 11.4 Å². The number of aromatic nitrogens is 4. The van der Waals surface area contributed by atoms with Crippen LogP contribution in [0.4, 0.5) is 5.82 Å². The van der Waals surface area contributed by atoms with Gasteiger partial charge >= 0.3 is 5.69 Å². The minimum Gasteiger partial charge on any atom is -0.382 e. The monoisotopic (exact) mass is 281 g/mol. The summed E-state index contributed by atoms with van der Waals surface area (Å²) in [7, 11) is 0. The van der Waals surface area contributed by atoms with E-state index in [2.05, 4.69) is 15.0 Å². The van der Waals surface area contributed by atoms with Gasteiger partial charge in [-0.25, -0.2) is 14.8 Å². The van der Waals surface area contributed by atoms with E-state index < -0.39 is 0 Å². The minimum atomic E-state index is -0.206. The fourth-order valence-corrected chi connectivity index (χ4v) is 2.51. The van der Waals surface area contributed by atoms with Crippen molar-refractivity contribution >= 4 is 17.0 Å². The SMILES string of the molecule is Nc1nc(C2CC2)nc2c1[nH]c(=O)n2Cc1ccccc1. The van der Waals surface area contributed by atoms with Crippen LogP contribution >= 0.6 is 0 Å². The van der Waals surface area contributed by atoms with Crippen molar-refractivity contribution in [3.8, 4) is 0 Å². The molecule has 2 heterocycles. The molecule has 0 unspecified atom stereocenters. The summed E-state index contributed by atoms with van der Waals surface area (Å²) in [5.74, 6) is 1.50. The highest BCUT2D eigenvalue weighted by Gasteiger charge is 2.28. The third-order valence-electron chi connectivity index (χ3n) is 3.79. The van der Waals surface area contributed by atoms with Crippen molar-refractivity contribution in [2.75, 3.05) is 5.73 Å². The lowest BCUT2D eigenvalue weighted by Crippen LogP contribution is -2.17. The van der Waals surface area contributed by atoms with E-state index in [0.717, 1.165) is 24.2 Å². The average Bonchev–Trinajstić information content (AvgIpc) is 3.28. The fraction of sp³-hybridized carbons (Fsp3) is 0.267. The highest BCUT2D eigenvalue weighted by atomic mass is 16.1. The summed E-state index contributed by atoms with van der Waals surface area (Å²) in [6.07, 6.45) is 2.19. The van der Waals surface area contributed by atoms with E-state index in [1.807, 2.05) is 30.3 Å². The van der Waals surface area contributed by atoms with E-state index in [-0.39, 0.29) is 5.69 Å². The average molecular weight is 281 g/mol. The van der Waals surface area contributed by atoms with Gasteiger partial charge in [-0.1, -0.05) is 30.3 Å². The smallest absolute Gasteiger partial charge is 0.328 e. The Kier molecular flexibility index (Phi) is 2.57. The summed E-state index contributed by atoms with van der Waals surface area (Å²) in [5, 5.41) is 0. The first kappa shape index (κ1) is 12.1. The number of benzene rings is 1. The molecule has 6 nitrogen and oxygen atoms in total. The standard InChI is InChI=1S/C15H15N5O/c16-12-11-14(19-13(18-12)10-6-7-10)20(15(21)17-11)8-9-4-2-1-3-5-9/h1-5,10H,6-8H2,(H,17,21)(H2,16,18,19). The normalized spacial score (nSPS) is 14.7. The Morgan fingerprint density at radius 3 is 2.71 bits per heavy atom. The summed E-state index contributed by atoms with van der Waals surface area (Å²) < 4.78 is 1.62. The second-order valence-corrected chi connectivity index (χ2v) is 5.44. The van der Waals surface area contributed by atoms with Crippen LogP contribution in [-0.4, -0.2) is 19.5 Å². The molecule has 1 aliphatic rings. The number of nitrogens with one attached hydrogen (secondary N) is 1. The molecule has 3 aromatic rings. The highest BCUT2D eigenvalue weighted by molar-refractivity contribution is 5.81. The van der Waals surface area contributed by atoms with Crippen LogP contribution in [0, 0.1) is 0 Å². The first-order chi connectivity index (χ1) is 10.2. The number of nitrogens with two attached hydrogens (primary N) is 1. The zero-order valence-corrected chi connectivity index (χ0v) is 11.4. The van der Waals surface area contributed by atoms with E-state index in [4.69, 9.17) is 5.73 Å². The van der Waals surface area contributed by atoms with Crippen LogP contribution in [0.25, 0.3) is 11.2 Å². The Bertz CT molecular complexity index is 861. The molecule has 21 heavy (non-hydrogen) atoms. The number of hydrogen-bond acceptors (Lipinski definition) is 4. The molecule has 0 bridgehead atoms. The fourth-order valence-electron chi connectivity index (χ4n) is 2.51. The second-order valence-electron chi connectivity index (χ2n) is 5.44. The van der Waals surface area contributed by atoms with Crippen molar-refractivity contribution in [1.82, 2.24) is 19.5 Å². The maximum atomic E-state index is 12.2. The predicted octanol–water partition coefficient (Wildman–Crippen LogP) is 1.63. The van der Waals surface area contributed by atoms with Gasteiger partial charge in [0.05, 0.1) is 6.54 Å². The Hall–Kier alpha value is -2.63. The van der Waals surface area contributed by atoms with Crippen LogP contribution in [0.2, 0.25) is 0 Å². The van der Waals surface area contributed by atoms with Crippen molar-refractivity contribution in [2.24, 2.45) is 0 Å². The summed E-state index contributed by atoms with van der Waals surface area (Å²) >= 11 is 0. The van der Waals surface area contributed by atoms with Gasteiger partial charge in [-0.15, -0.1) is 0 Å². The zero-order valence-electron chi connectivity index (χ0n) is 11.4. The van der Waals surface area contributed by atoms with E-state index in [9.17, 15) is 4.79 Å². The molecule has 0 atom stereocenters. The van der Waals surface area contributed by atoms with Gasteiger partial charge in [0, 0.05) is 5.92 Å². The number of imidazole rings is 1. The van der Waals surface area contributed by atoms with Crippen molar-refractivity contribution in [1.29, 1.82) is 0 Å². The van der Waals surface area contributed by atoms with Crippen molar-refractivity contribution in [2.45, 2.75) is 25.3 Å². The van der Waals surface area contributed by atoms with Crippen LogP contribution in [-0.2, 0) is 6.54 Å². The lowest BCUT2D eigenvalue weighted by molar-refractivity contribution is 0.772. The molecule has 0 saturated heterocycles. The quantitative estimate of drug-likeness (QED) is 0.763. The predicted molar refractivity (Wildman–Crippen MR) is 80.1 cm³/mol. The van der Waals surface area contributed by atoms with E-state index in [1.54, 1.807) is 4.57 Å². The number of aromatic amines is 1. The summed E-state index contributed by atoms with van der Waals surface area (Å²) in [5.41, 5.74) is 7.93. The van der Waals surface area contributed by atoms with Gasteiger partial charge in [0.15, 0.2) is 11.5 Å². The Labute approximate surface area is 120 Å². The molecule has 1 aliphatic carbocycles. The topological polar surface area (TPSA) is 89.6 Å². The second kappa shape index (κ2) is 4.44. The molecule has 2 aromatic heterocycles. The number of nitrogen functional groups attached to an aromatic ring is 1. The van der Waals surface area contributed by atoms with E-state index in [1.165, 1.54) is 0 Å². The number of rotatable bonds is 3. The van der Waals surface area contributed by atoms with Gasteiger partial charge in [-0.2, -0.15) is 0 Å². The Morgan fingerprint density at radius 2 is 2.00 bits per heavy atom. The van der Waals surface area contributed by atoms with Gasteiger partial charge in [-0.05, 0) is 18.4 Å². The zero-order chi connectivity index (χ0) is 14.4. The molecular weight excluding hydrogens is 266 g/mol. The summed E-state index contributed by atoms with van der Waals surface area (Å²) in [6.45, 7) is 0.472. The molecule has 0 amide bonds. The number of H-pyrrole nitrogens is 1. The molecule has 1 fully saturated rings. The van der Waals surface area contributed by atoms with Gasteiger partial charge in [0.2, 0.25) is 0 Å². The van der Waals surface area contributed by atoms with Crippen molar-refractivity contribution in [3.05, 3.63) is 52.2 Å². The summed E-state index contributed by atoms with van der Waals surface area (Å²) in [4.78, 5) is 23.8. The number of fused-ring (bicyclic) bond motifs is 1. The molecule has 6 heteroatoms. The van der Waals surface area contributed by atoms with Crippen LogP contribution in [0.3, 0.4) is 0 Å². The number of anilines is 1. The van der Waals surface area contributed by atoms with Crippen LogP contribution in [0.15, 0.2) is 35.1 Å². The first-order valence-electron chi connectivity index (χ1n) is 7.02. The highest BCUT2D eigenvalue weighted by Crippen LogP contribution is 2.38. The molecule has 1 aromatic carbocycles. The molecule has 106 valence electrons. The maximum absolute atomic E-state index is 12.2. The van der Waals surface area contributed by atoms with Gasteiger partial charge in [0.25, 0.3) is 0 Å². The van der Waals surface area contributed by atoms with Crippen LogP contribution in [0.5, 0.6) is 0 Å². The molecule has 0 aliphatic heterocycles. The third-order valence-corrected chi connectivity index (χ3v) is 3.79. The lowest BCUT2D eigenvalue weighted by Gasteiger charge is -2.05.